The molecule has 1 N–H and O–H groups in total. The molecule has 0 spiro atoms. The quantitative estimate of drug-likeness (QED) is 0.298. The number of aromatic amines is 1. The predicted octanol–water partition coefficient (Wildman–Crippen LogP) is 6.77. The minimum atomic E-state index is -0.277. The molecule has 0 fully saturated rings. The molecule has 2 heterocycles. The van der Waals surface area contributed by atoms with Gasteiger partial charge in [-0.25, -0.2) is 9.37 Å². The molecule has 4 nitrogen and oxygen atoms in total. The van der Waals surface area contributed by atoms with Crippen LogP contribution < -0.4 is 10.3 Å². The van der Waals surface area contributed by atoms with Gasteiger partial charge < -0.3 is 9.72 Å². The second kappa shape index (κ2) is 8.48. The first-order valence-corrected chi connectivity index (χ1v) is 12.3. The fourth-order valence-corrected chi connectivity index (χ4v) is 6.55. The lowest BCUT2D eigenvalue weighted by molar-refractivity contribution is 0.302. The van der Waals surface area contributed by atoms with Gasteiger partial charge in [-0.2, -0.15) is 0 Å². The van der Waals surface area contributed by atoms with E-state index in [2.05, 4.69) is 36.8 Å². The maximum atomic E-state index is 13.1. The fourth-order valence-electron chi connectivity index (χ4n) is 3.87. The summed E-state index contributed by atoms with van der Waals surface area (Å²) in [7, 11) is 0. The van der Waals surface area contributed by atoms with Crippen LogP contribution in [0.15, 0.2) is 50.1 Å². The molecule has 158 valence electrons. The minimum absolute atomic E-state index is 0.0803. The highest BCUT2D eigenvalue weighted by Gasteiger charge is 2.20. The number of hydrogen-bond acceptors (Lipinski definition) is 4. The summed E-state index contributed by atoms with van der Waals surface area (Å²) < 4.78 is 20.5. The van der Waals surface area contributed by atoms with Crippen molar-refractivity contribution in [2.24, 2.45) is 0 Å². The van der Waals surface area contributed by atoms with E-state index in [4.69, 9.17) is 9.72 Å². The van der Waals surface area contributed by atoms with Gasteiger partial charge in [-0.3, -0.25) is 4.79 Å². The van der Waals surface area contributed by atoms with Crippen LogP contribution in [0.25, 0.3) is 21.6 Å². The summed E-state index contributed by atoms with van der Waals surface area (Å²) in [6, 6.07) is 9.95. The number of halogens is 3. The normalized spacial score (nSPS) is 13.4. The summed E-state index contributed by atoms with van der Waals surface area (Å²) in [6.45, 7) is 0.304. The Bertz CT molecular complexity index is 1330. The Morgan fingerprint density at radius 1 is 1.10 bits per heavy atom. The van der Waals surface area contributed by atoms with Crippen molar-refractivity contribution in [3.05, 3.63) is 77.5 Å². The summed E-state index contributed by atoms with van der Waals surface area (Å²) in [6.07, 6.45) is 4.28. The molecule has 0 saturated heterocycles. The molecule has 31 heavy (non-hydrogen) atoms. The molecule has 0 radical (unpaired) electrons. The maximum absolute atomic E-state index is 13.1. The lowest BCUT2D eigenvalue weighted by atomic mass is 9.97. The molecule has 0 unspecified atom stereocenters. The van der Waals surface area contributed by atoms with E-state index in [0.717, 1.165) is 49.6 Å². The van der Waals surface area contributed by atoms with Crippen molar-refractivity contribution < 1.29 is 9.13 Å². The van der Waals surface area contributed by atoms with Gasteiger partial charge in [-0.05, 0) is 92.9 Å². The van der Waals surface area contributed by atoms with Crippen molar-refractivity contribution in [3.63, 3.8) is 0 Å². The molecule has 0 atom stereocenters. The van der Waals surface area contributed by atoms with Crippen LogP contribution in [0.3, 0.4) is 0 Å². The Morgan fingerprint density at radius 3 is 2.55 bits per heavy atom. The van der Waals surface area contributed by atoms with Crippen LogP contribution in [0.5, 0.6) is 5.75 Å². The molecule has 0 amide bonds. The molecule has 4 aromatic rings. The summed E-state index contributed by atoms with van der Waals surface area (Å²) >= 11 is 8.76. The molecule has 0 bridgehead atoms. The van der Waals surface area contributed by atoms with Crippen LogP contribution in [0.2, 0.25) is 0 Å². The first kappa shape index (κ1) is 20.8. The number of fused-ring (bicyclic) bond motifs is 3. The van der Waals surface area contributed by atoms with E-state index in [-0.39, 0.29) is 11.4 Å². The van der Waals surface area contributed by atoms with E-state index in [0.29, 0.717) is 18.2 Å². The first-order chi connectivity index (χ1) is 15.0. The van der Waals surface area contributed by atoms with Gasteiger partial charge in [0.15, 0.2) is 0 Å². The molecular formula is C23H17Br2FN2O2S. The number of aryl methyl sites for hydroxylation is 2. The van der Waals surface area contributed by atoms with Gasteiger partial charge in [0, 0.05) is 10.4 Å². The van der Waals surface area contributed by atoms with E-state index in [1.165, 1.54) is 29.0 Å². The van der Waals surface area contributed by atoms with Gasteiger partial charge in [-0.1, -0.05) is 12.1 Å². The van der Waals surface area contributed by atoms with Gasteiger partial charge in [0.1, 0.15) is 28.8 Å². The van der Waals surface area contributed by atoms with E-state index in [9.17, 15) is 9.18 Å². The molecular weight excluding hydrogens is 547 g/mol. The smallest absolute Gasteiger partial charge is 0.260 e. The minimum Gasteiger partial charge on any atom is -0.487 e. The fraction of sp³-hybridized carbons (Fsp3) is 0.217. The van der Waals surface area contributed by atoms with Gasteiger partial charge in [0.25, 0.3) is 5.56 Å². The molecule has 5 rings (SSSR count). The monoisotopic (exact) mass is 562 g/mol. The van der Waals surface area contributed by atoms with Gasteiger partial charge in [0.05, 0.1) is 14.3 Å². The zero-order valence-electron chi connectivity index (χ0n) is 16.3. The van der Waals surface area contributed by atoms with Crippen LogP contribution in [0.1, 0.15) is 28.8 Å². The summed E-state index contributed by atoms with van der Waals surface area (Å²) in [5.74, 6) is 0.881. The molecule has 0 saturated carbocycles. The number of hydrogen-bond donors (Lipinski definition) is 1. The number of H-pyrrole nitrogens is 1. The Morgan fingerprint density at radius 2 is 1.81 bits per heavy atom. The third-order valence-electron chi connectivity index (χ3n) is 5.39. The highest BCUT2D eigenvalue weighted by molar-refractivity contribution is 9.11. The molecule has 0 aliphatic heterocycles. The third kappa shape index (κ3) is 4.08. The van der Waals surface area contributed by atoms with E-state index < -0.39 is 0 Å². The van der Waals surface area contributed by atoms with Crippen LogP contribution in [-0.4, -0.2) is 9.97 Å². The number of rotatable bonds is 4. The Kier molecular flexibility index (Phi) is 5.71. The summed E-state index contributed by atoms with van der Waals surface area (Å²) in [4.78, 5) is 22.7. The number of thiophene rings is 1. The second-order valence-corrected chi connectivity index (χ2v) is 10.3. The van der Waals surface area contributed by atoms with Crippen molar-refractivity contribution in [1.82, 2.24) is 9.97 Å². The molecule has 2 aromatic carbocycles. The van der Waals surface area contributed by atoms with Gasteiger partial charge >= 0.3 is 0 Å². The topological polar surface area (TPSA) is 55.0 Å². The average Bonchev–Trinajstić information content (AvgIpc) is 3.13. The van der Waals surface area contributed by atoms with Gasteiger partial charge in [-0.15, -0.1) is 11.3 Å². The average molecular weight is 564 g/mol. The number of ether oxygens (including phenoxy) is 1. The Balaban J connectivity index is 1.47. The molecule has 8 heteroatoms. The lowest BCUT2D eigenvalue weighted by Gasteiger charge is -2.12. The highest BCUT2D eigenvalue weighted by atomic mass is 79.9. The van der Waals surface area contributed by atoms with Crippen LogP contribution >= 0.6 is 43.2 Å². The van der Waals surface area contributed by atoms with E-state index in [1.54, 1.807) is 23.5 Å². The van der Waals surface area contributed by atoms with Crippen LogP contribution in [0.4, 0.5) is 4.39 Å². The van der Waals surface area contributed by atoms with Crippen molar-refractivity contribution in [1.29, 1.82) is 0 Å². The van der Waals surface area contributed by atoms with Crippen molar-refractivity contribution >= 4 is 53.4 Å². The van der Waals surface area contributed by atoms with Crippen molar-refractivity contribution in [2.75, 3.05) is 0 Å². The number of nitrogens with zero attached hydrogens (tertiary/aromatic N) is 1. The summed E-state index contributed by atoms with van der Waals surface area (Å²) in [5.41, 5.74) is 2.74. The zero-order chi connectivity index (χ0) is 21.5. The van der Waals surface area contributed by atoms with E-state index in [1.807, 2.05) is 12.1 Å². The number of nitrogens with one attached hydrogen (secondary N) is 1. The largest absolute Gasteiger partial charge is 0.487 e. The maximum Gasteiger partial charge on any atom is 0.260 e. The third-order valence-corrected chi connectivity index (χ3v) is 7.76. The summed E-state index contributed by atoms with van der Waals surface area (Å²) in [5, 5.41) is 0.751. The molecule has 1 aliphatic carbocycles. The lowest BCUT2D eigenvalue weighted by Crippen LogP contribution is -2.11. The van der Waals surface area contributed by atoms with E-state index >= 15 is 0 Å². The number of benzene rings is 2. The van der Waals surface area contributed by atoms with Crippen molar-refractivity contribution in [3.8, 4) is 17.1 Å². The SMILES string of the molecule is O=c1[nH]c(-c2cc(Br)c(OCc3ccc(F)cc3)c(Br)c2)nc2sc3c(c12)CCCC3. The second-order valence-electron chi connectivity index (χ2n) is 7.49. The zero-order valence-corrected chi connectivity index (χ0v) is 20.3. The Labute approximate surface area is 198 Å². The predicted molar refractivity (Wildman–Crippen MR) is 128 cm³/mol. The first-order valence-electron chi connectivity index (χ1n) is 9.91. The highest BCUT2D eigenvalue weighted by Crippen LogP contribution is 2.39. The van der Waals surface area contributed by atoms with Crippen molar-refractivity contribution in [2.45, 2.75) is 32.3 Å². The molecule has 1 aliphatic rings. The number of aromatic nitrogens is 2. The van der Waals surface area contributed by atoms with Gasteiger partial charge in [0.2, 0.25) is 0 Å². The van der Waals surface area contributed by atoms with Crippen LogP contribution in [-0.2, 0) is 19.4 Å². The Hall–Kier alpha value is -2.03. The molecule has 2 aromatic heterocycles. The standard InChI is InChI=1S/C23H17Br2FN2O2S/c24-16-9-13(10-17(25)20(16)30-11-12-5-7-14(26)8-6-12)21-27-22(29)19-15-3-1-2-4-18(15)31-23(19)28-21/h5-10H,1-4,11H2,(H,27,28,29). The van der Waals surface area contributed by atoms with Crippen LogP contribution in [0, 0.1) is 5.82 Å².